The van der Waals surface area contributed by atoms with Gasteiger partial charge >= 0.3 is 0 Å². The lowest BCUT2D eigenvalue weighted by atomic mass is 10.3. The van der Waals surface area contributed by atoms with Crippen molar-refractivity contribution < 1.29 is 9.18 Å². The largest absolute Gasteiger partial charge is 0.293 e. The van der Waals surface area contributed by atoms with Gasteiger partial charge in [-0.15, -0.1) is 11.8 Å². The van der Waals surface area contributed by atoms with Crippen LogP contribution in [0.2, 0.25) is 0 Å². The van der Waals surface area contributed by atoms with Crippen LogP contribution in [0.5, 0.6) is 0 Å². The fraction of sp³-hybridized carbons (Fsp3) is 0.222. The average molecular weight is 214 g/mol. The molecule has 76 valence electrons. The first-order valence-corrected chi connectivity index (χ1v) is 4.94. The van der Waals surface area contributed by atoms with E-state index in [2.05, 4.69) is 0 Å². The second kappa shape index (κ2) is 4.97. The number of hydrogen-bond donors (Lipinski definition) is 2. The Morgan fingerprint density at radius 2 is 2.36 bits per heavy atom. The second-order valence-electron chi connectivity index (χ2n) is 2.73. The van der Waals surface area contributed by atoms with Gasteiger partial charge in [-0.05, 0) is 25.1 Å². The number of carbonyl (C=O) groups excluding carboxylic acids is 1. The predicted molar refractivity (Wildman–Crippen MR) is 54.0 cm³/mol. The minimum absolute atomic E-state index is 0.278. The molecule has 0 saturated carbocycles. The molecule has 1 aromatic carbocycles. The Hall–Kier alpha value is -1.07. The van der Waals surface area contributed by atoms with Gasteiger partial charge in [0.05, 0.1) is 5.25 Å². The number of thioether (sulfide) groups is 1. The molecule has 5 heteroatoms. The second-order valence-corrected chi connectivity index (χ2v) is 4.14. The molecule has 0 aliphatic rings. The summed E-state index contributed by atoms with van der Waals surface area (Å²) < 4.78 is 12.8. The van der Waals surface area contributed by atoms with Crippen LogP contribution < -0.4 is 11.3 Å². The first-order valence-electron chi connectivity index (χ1n) is 4.06. The average Bonchev–Trinajstić information content (AvgIpc) is 2.16. The lowest BCUT2D eigenvalue weighted by Crippen LogP contribution is -2.36. The van der Waals surface area contributed by atoms with E-state index in [4.69, 9.17) is 5.84 Å². The van der Waals surface area contributed by atoms with Gasteiger partial charge in [-0.25, -0.2) is 10.2 Å². The number of carbonyl (C=O) groups is 1. The maximum Gasteiger partial charge on any atom is 0.247 e. The Kier molecular flexibility index (Phi) is 3.91. The molecule has 0 heterocycles. The van der Waals surface area contributed by atoms with Gasteiger partial charge in [0.25, 0.3) is 0 Å². The van der Waals surface area contributed by atoms with Crippen molar-refractivity contribution >= 4 is 17.7 Å². The predicted octanol–water partition coefficient (Wildman–Crippen LogP) is 1.30. The summed E-state index contributed by atoms with van der Waals surface area (Å²) in [6.45, 7) is 1.71. The maximum atomic E-state index is 12.8. The molecule has 3 N–H and O–H groups in total. The van der Waals surface area contributed by atoms with Gasteiger partial charge in [0.2, 0.25) is 5.91 Å². The van der Waals surface area contributed by atoms with Crippen LogP contribution in [0.25, 0.3) is 0 Å². The van der Waals surface area contributed by atoms with E-state index in [1.807, 2.05) is 5.43 Å². The third-order valence-electron chi connectivity index (χ3n) is 1.62. The van der Waals surface area contributed by atoms with Crippen LogP contribution in [0.1, 0.15) is 6.92 Å². The molecule has 0 aromatic heterocycles. The number of nitrogens with two attached hydrogens (primary N) is 1. The van der Waals surface area contributed by atoms with Gasteiger partial charge in [0.1, 0.15) is 5.82 Å². The molecule has 3 nitrogen and oxygen atoms in total. The number of hydrogen-bond acceptors (Lipinski definition) is 3. The number of amides is 1. The molecule has 0 fully saturated rings. The molecule has 0 radical (unpaired) electrons. The van der Waals surface area contributed by atoms with Crippen molar-refractivity contribution in [2.75, 3.05) is 0 Å². The molecule has 0 aliphatic heterocycles. The van der Waals surface area contributed by atoms with Crippen molar-refractivity contribution in [1.82, 2.24) is 5.43 Å². The van der Waals surface area contributed by atoms with Crippen LogP contribution in [-0.2, 0) is 4.79 Å². The van der Waals surface area contributed by atoms with Crippen LogP contribution >= 0.6 is 11.8 Å². The zero-order chi connectivity index (χ0) is 10.6. The fourth-order valence-corrected chi connectivity index (χ4v) is 1.84. The normalized spacial score (nSPS) is 12.2. The Morgan fingerprint density at radius 3 is 2.93 bits per heavy atom. The van der Waals surface area contributed by atoms with Crippen LogP contribution in [0.4, 0.5) is 4.39 Å². The summed E-state index contributed by atoms with van der Waals surface area (Å²) >= 11 is 1.26. The van der Waals surface area contributed by atoms with E-state index in [-0.39, 0.29) is 17.0 Å². The number of nitrogens with one attached hydrogen (secondary N) is 1. The Morgan fingerprint density at radius 1 is 1.64 bits per heavy atom. The lowest BCUT2D eigenvalue weighted by Gasteiger charge is -2.08. The molecule has 0 bridgehead atoms. The molecule has 0 saturated heterocycles. The minimum Gasteiger partial charge on any atom is -0.293 e. The quantitative estimate of drug-likeness (QED) is 0.345. The van der Waals surface area contributed by atoms with E-state index in [0.717, 1.165) is 0 Å². The highest BCUT2D eigenvalue weighted by Crippen LogP contribution is 2.23. The van der Waals surface area contributed by atoms with Gasteiger partial charge in [0, 0.05) is 4.90 Å². The third kappa shape index (κ3) is 3.01. The van der Waals surface area contributed by atoms with E-state index < -0.39 is 0 Å². The van der Waals surface area contributed by atoms with Gasteiger partial charge in [-0.2, -0.15) is 0 Å². The Balaban J connectivity index is 2.64. The van der Waals surface area contributed by atoms with Gasteiger partial charge in [-0.3, -0.25) is 10.2 Å². The summed E-state index contributed by atoms with van der Waals surface area (Å²) in [5.74, 6) is 4.38. The lowest BCUT2D eigenvalue weighted by molar-refractivity contribution is -0.120. The van der Waals surface area contributed by atoms with Gasteiger partial charge < -0.3 is 0 Å². The van der Waals surface area contributed by atoms with Crippen LogP contribution in [-0.4, -0.2) is 11.2 Å². The highest BCUT2D eigenvalue weighted by Gasteiger charge is 2.12. The van der Waals surface area contributed by atoms with Crippen molar-refractivity contribution in [2.24, 2.45) is 5.84 Å². The number of benzene rings is 1. The van der Waals surface area contributed by atoms with Crippen molar-refractivity contribution in [3.8, 4) is 0 Å². The highest BCUT2D eigenvalue weighted by molar-refractivity contribution is 8.00. The summed E-state index contributed by atoms with van der Waals surface area (Å²) in [7, 11) is 0. The molecule has 0 spiro atoms. The van der Waals surface area contributed by atoms with Crippen LogP contribution in [0, 0.1) is 5.82 Å². The molecular formula is C9H11FN2OS. The van der Waals surface area contributed by atoms with Gasteiger partial charge in [0.15, 0.2) is 0 Å². The van der Waals surface area contributed by atoms with E-state index >= 15 is 0 Å². The zero-order valence-corrected chi connectivity index (χ0v) is 8.48. The smallest absolute Gasteiger partial charge is 0.247 e. The standard InChI is InChI=1S/C9H11FN2OS/c1-6(9(13)12-11)14-8-4-2-3-7(10)5-8/h2-6H,11H2,1H3,(H,12,13). The molecule has 0 aliphatic carbocycles. The first-order chi connectivity index (χ1) is 6.63. The Labute approximate surface area is 85.8 Å². The van der Waals surface area contributed by atoms with Crippen molar-refractivity contribution in [2.45, 2.75) is 17.1 Å². The molecular weight excluding hydrogens is 203 g/mol. The highest BCUT2D eigenvalue weighted by atomic mass is 32.2. The summed E-state index contributed by atoms with van der Waals surface area (Å²) in [5, 5.41) is -0.332. The van der Waals surface area contributed by atoms with E-state index in [9.17, 15) is 9.18 Å². The van der Waals surface area contributed by atoms with Crippen molar-refractivity contribution in [3.63, 3.8) is 0 Å². The van der Waals surface area contributed by atoms with Crippen molar-refractivity contribution in [3.05, 3.63) is 30.1 Å². The van der Waals surface area contributed by atoms with E-state index in [1.54, 1.807) is 19.1 Å². The summed E-state index contributed by atoms with van der Waals surface area (Å²) in [4.78, 5) is 11.8. The maximum absolute atomic E-state index is 12.8. The molecule has 1 unspecified atom stereocenters. The zero-order valence-electron chi connectivity index (χ0n) is 7.66. The summed E-state index contributed by atoms with van der Waals surface area (Å²) in [6.07, 6.45) is 0. The molecule has 1 atom stereocenters. The topological polar surface area (TPSA) is 55.1 Å². The SMILES string of the molecule is CC(Sc1cccc(F)c1)C(=O)NN. The number of halogens is 1. The summed E-state index contributed by atoms with van der Waals surface area (Å²) in [6, 6.07) is 6.08. The van der Waals surface area contributed by atoms with Crippen LogP contribution in [0.3, 0.4) is 0 Å². The fourth-order valence-electron chi connectivity index (χ4n) is 0.915. The molecule has 14 heavy (non-hydrogen) atoms. The monoisotopic (exact) mass is 214 g/mol. The van der Waals surface area contributed by atoms with Crippen LogP contribution in [0.15, 0.2) is 29.2 Å². The number of rotatable bonds is 3. The first kappa shape index (κ1) is 11.0. The molecule has 1 aromatic rings. The summed E-state index contributed by atoms with van der Waals surface area (Å²) in [5.41, 5.74) is 2.05. The van der Waals surface area contributed by atoms with Crippen molar-refractivity contribution in [1.29, 1.82) is 0 Å². The number of hydrazine groups is 1. The molecule has 1 rings (SSSR count). The minimum atomic E-state index is -0.332. The van der Waals surface area contributed by atoms with E-state index in [1.165, 1.54) is 23.9 Å². The third-order valence-corrected chi connectivity index (χ3v) is 2.71. The Bertz CT molecular complexity index is 332. The molecule has 1 amide bonds. The van der Waals surface area contributed by atoms with Gasteiger partial charge in [-0.1, -0.05) is 6.07 Å². The van der Waals surface area contributed by atoms with E-state index in [0.29, 0.717) is 4.90 Å².